The summed E-state index contributed by atoms with van der Waals surface area (Å²) in [6.07, 6.45) is 16.3. The molecule has 0 aliphatic rings. The average molecular weight is 420 g/mol. The lowest BCUT2D eigenvalue weighted by molar-refractivity contribution is -0.137. The van der Waals surface area contributed by atoms with Crippen LogP contribution in [0.2, 0.25) is 0 Å². The Kier molecular flexibility index (Phi) is 24.9. The molecule has 1 unspecified atom stereocenters. The van der Waals surface area contributed by atoms with Gasteiger partial charge in [-0.25, -0.2) is 0 Å². The third-order valence-electron chi connectivity index (χ3n) is 4.57. The van der Waals surface area contributed by atoms with Crippen LogP contribution in [0.4, 0.5) is 0 Å². The summed E-state index contributed by atoms with van der Waals surface area (Å²) >= 11 is 0. The van der Waals surface area contributed by atoms with Gasteiger partial charge in [-0.1, -0.05) is 90.9 Å². The summed E-state index contributed by atoms with van der Waals surface area (Å²) in [7, 11) is -1.88. The number of carboxylic acids is 1. The largest absolute Gasteiger partial charge is 0.633 e. The van der Waals surface area contributed by atoms with Gasteiger partial charge in [-0.3, -0.25) is 4.79 Å². The van der Waals surface area contributed by atoms with Crippen molar-refractivity contribution >= 4 is 13.3 Å². The van der Waals surface area contributed by atoms with Crippen molar-refractivity contribution in [2.24, 2.45) is 5.92 Å². The van der Waals surface area contributed by atoms with Gasteiger partial charge < -0.3 is 30.0 Å². The molecule has 0 fully saturated rings. The van der Waals surface area contributed by atoms with Gasteiger partial charge in [0.1, 0.15) is 0 Å². The number of hydrogen-bond acceptors (Lipinski definition) is 6. The zero-order chi connectivity index (χ0) is 22.3. The molecule has 0 aromatic carbocycles. The number of hydrogen-bond donors (Lipinski definition) is 5. The fourth-order valence-corrected chi connectivity index (χ4v) is 2.85. The third kappa shape index (κ3) is 32.2. The van der Waals surface area contributed by atoms with E-state index in [0.29, 0.717) is 6.42 Å². The summed E-state index contributed by atoms with van der Waals surface area (Å²) in [5.74, 6) is 0.212. The van der Waals surface area contributed by atoms with Crippen LogP contribution in [-0.4, -0.2) is 58.0 Å². The van der Waals surface area contributed by atoms with E-state index in [2.05, 4.69) is 18.5 Å². The van der Waals surface area contributed by atoms with Gasteiger partial charge in [-0.2, -0.15) is 0 Å². The highest BCUT2D eigenvalue weighted by atomic mass is 16.6. The maximum atomic E-state index is 10.3. The van der Waals surface area contributed by atoms with E-state index in [0.717, 1.165) is 18.8 Å². The SMILES string of the molecule is CC(C)CCCCCCCCCCCCCCC(=O)O.OCC(O)COB(O)O. The number of aliphatic carboxylic acids is 1. The monoisotopic (exact) mass is 420 g/mol. The van der Waals surface area contributed by atoms with Gasteiger partial charge in [-0.15, -0.1) is 0 Å². The molecule has 0 aromatic heterocycles. The molecule has 5 N–H and O–H groups in total. The quantitative estimate of drug-likeness (QED) is 0.160. The van der Waals surface area contributed by atoms with Crippen molar-refractivity contribution in [3.63, 3.8) is 0 Å². The smallest absolute Gasteiger partial charge is 0.481 e. The number of carboxylic acid groups (broad SMARTS) is 1. The molecular formula is C21H45BO7. The minimum Gasteiger partial charge on any atom is -0.481 e. The van der Waals surface area contributed by atoms with Crippen molar-refractivity contribution in [2.75, 3.05) is 13.2 Å². The predicted octanol–water partition coefficient (Wildman–Crippen LogP) is 3.51. The van der Waals surface area contributed by atoms with Crippen LogP contribution in [0.5, 0.6) is 0 Å². The first kappa shape index (κ1) is 30.5. The molecule has 8 heteroatoms. The summed E-state index contributed by atoms with van der Waals surface area (Å²) < 4.78 is 4.10. The maximum Gasteiger partial charge on any atom is 0.633 e. The van der Waals surface area contributed by atoms with E-state index in [-0.39, 0.29) is 6.61 Å². The van der Waals surface area contributed by atoms with Crippen molar-refractivity contribution in [1.82, 2.24) is 0 Å². The molecular weight excluding hydrogens is 375 g/mol. The second-order valence-electron chi connectivity index (χ2n) is 8.06. The highest BCUT2D eigenvalue weighted by Crippen LogP contribution is 2.14. The molecule has 0 aliphatic heterocycles. The lowest BCUT2D eigenvalue weighted by atomic mass is 10.0. The first-order valence-corrected chi connectivity index (χ1v) is 11.3. The maximum absolute atomic E-state index is 10.3. The summed E-state index contributed by atoms with van der Waals surface area (Å²) in [5.41, 5.74) is 0. The van der Waals surface area contributed by atoms with E-state index >= 15 is 0 Å². The highest BCUT2D eigenvalue weighted by molar-refractivity contribution is 6.32. The molecule has 0 heterocycles. The van der Waals surface area contributed by atoms with E-state index in [4.69, 9.17) is 25.4 Å². The molecule has 7 nitrogen and oxygen atoms in total. The molecule has 0 aliphatic carbocycles. The fourth-order valence-electron chi connectivity index (χ4n) is 2.85. The van der Waals surface area contributed by atoms with Gasteiger partial charge in [0.2, 0.25) is 0 Å². The molecule has 0 aromatic rings. The molecule has 0 saturated carbocycles. The van der Waals surface area contributed by atoms with Crippen LogP contribution in [0, 0.1) is 5.92 Å². The molecule has 0 amide bonds. The Morgan fingerprint density at radius 2 is 1.24 bits per heavy atom. The van der Waals surface area contributed by atoms with Crippen LogP contribution in [0.1, 0.15) is 104 Å². The van der Waals surface area contributed by atoms with Crippen molar-refractivity contribution in [1.29, 1.82) is 0 Å². The Morgan fingerprint density at radius 1 is 0.828 bits per heavy atom. The van der Waals surface area contributed by atoms with Gasteiger partial charge in [0, 0.05) is 6.42 Å². The minimum absolute atomic E-state index is 0.284. The first-order valence-electron chi connectivity index (χ1n) is 11.3. The fraction of sp³-hybridized carbons (Fsp3) is 0.952. The Morgan fingerprint density at radius 3 is 1.59 bits per heavy atom. The first-order chi connectivity index (χ1) is 13.8. The summed E-state index contributed by atoms with van der Waals surface area (Å²) in [4.78, 5) is 10.3. The van der Waals surface area contributed by atoms with Gasteiger partial charge >= 0.3 is 13.3 Å². The van der Waals surface area contributed by atoms with Gasteiger partial charge in [0.25, 0.3) is 0 Å². The number of carbonyl (C=O) groups is 1. The van der Waals surface area contributed by atoms with Gasteiger partial charge in [0.05, 0.1) is 19.3 Å². The number of rotatable bonds is 19. The Balaban J connectivity index is 0. The standard InChI is InChI=1S/C18H36O2.C3H9BO5/c1-17(2)15-13-11-9-7-5-3-4-6-8-10-12-14-16-18(19)20;5-1-3(6)2-9-4(7)8/h17H,3-16H2,1-2H3,(H,19,20);3,5-8H,1-2H2. The number of unbranched alkanes of at least 4 members (excludes halogenated alkanes) is 11. The summed E-state index contributed by atoms with van der Waals surface area (Å²) in [5, 5.41) is 41.3. The zero-order valence-corrected chi connectivity index (χ0v) is 18.6. The Bertz CT molecular complexity index is 341. The van der Waals surface area contributed by atoms with Crippen LogP contribution in [0.3, 0.4) is 0 Å². The third-order valence-corrected chi connectivity index (χ3v) is 4.57. The van der Waals surface area contributed by atoms with Crippen LogP contribution in [0.25, 0.3) is 0 Å². The lowest BCUT2D eigenvalue weighted by Crippen LogP contribution is -2.26. The zero-order valence-electron chi connectivity index (χ0n) is 18.6. The molecule has 0 rings (SSSR count). The topological polar surface area (TPSA) is 127 Å². The van der Waals surface area contributed by atoms with Crippen LogP contribution < -0.4 is 0 Å². The van der Waals surface area contributed by atoms with Crippen molar-refractivity contribution < 1.29 is 34.8 Å². The molecule has 174 valence electrons. The van der Waals surface area contributed by atoms with Crippen molar-refractivity contribution in [3.05, 3.63) is 0 Å². The van der Waals surface area contributed by atoms with Crippen molar-refractivity contribution in [3.8, 4) is 0 Å². The van der Waals surface area contributed by atoms with E-state index in [1.807, 2.05) is 0 Å². The molecule has 0 spiro atoms. The van der Waals surface area contributed by atoms with Crippen molar-refractivity contribution in [2.45, 2.75) is 110 Å². The summed E-state index contributed by atoms with van der Waals surface area (Å²) in [6.45, 7) is 3.88. The number of aliphatic hydroxyl groups is 2. The number of aliphatic hydroxyl groups excluding tert-OH is 2. The normalized spacial score (nSPS) is 11.8. The molecule has 1 atom stereocenters. The second kappa shape index (κ2) is 23.6. The predicted molar refractivity (Wildman–Crippen MR) is 116 cm³/mol. The Hall–Kier alpha value is -0.665. The molecule has 0 radical (unpaired) electrons. The highest BCUT2D eigenvalue weighted by Gasteiger charge is 2.10. The van der Waals surface area contributed by atoms with E-state index in [1.54, 1.807) is 0 Å². The minimum atomic E-state index is -1.88. The average Bonchev–Trinajstić information content (AvgIpc) is 2.66. The lowest BCUT2D eigenvalue weighted by Gasteiger charge is -2.05. The molecule has 29 heavy (non-hydrogen) atoms. The second-order valence-corrected chi connectivity index (χ2v) is 8.06. The van der Waals surface area contributed by atoms with Crippen LogP contribution >= 0.6 is 0 Å². The molecule has 0 bridgehead atoms. The Labute approximate surface area is 177 Å². The van der Waals surface area contributed by atoms with Gasteiger partial charge in [0.15, 0.2) is 0 Å². The van der Waals surface area contributed by atoms with E-state index in [1.165, 1.54) is 70.6 Å². The molecule has 0 saturated heterocycles. The summed E-state index contributed by atoms with van der Waals surface area (Å²) in [6, 6.07) is 0. The van der Waals surface area contributed by atoms with Crippen LogP contribution in [0.15, 0.2) is 0 Å². The van der Waals surface area contributed by atoms with E-state index in [9.17, 15) is 4.79 Å². The van der Waals surface area contributed by atoms with E-state index < -0.39 is 26.0 Å². The van der Waals surface area contributed by atoms with Gasteiger partial charge in [-0.05, 0) is 12.3 Å². The van der Waals surface area contributed by atoms with Crippen LogP contribution in [-0.2, 0) is 9.45 Å².